The lowest BCUT2D eigenvalue weighted by Crippen LogP contribution is -2.16. The van der Waals surface area contributed by atoms with Gasteiger partial charge in [0, 0.05) is 28.3 Å². The molecule has 112 valence electrons. The molecule has 0 aliphatic carbocycles. The monoisotopic (exact) mass is 303 g/mol. The molecule has 0 amide bonds. The Hall–Kier alpha value is -1.19. The molecule has 1 saturated heterocycles. The van der Waals surface area contributed by atoms with Crippen molar-refractivity contribution in [3.63, 3.8) is 0 Å². The number of ether oxygens (including phenoxy) is 2. The van der Waals surface area contributed by atoms with E-state index in [1.165, 1.54) is 40.0 Å². The second-order valence-corrected chi connectivity index (χ2v) is 7.60. The Kier molecular flexibility index (Phi) is 4.71. The molecular formula is C18H23O2S+. The highest BCUT2D eigenvalue weighted by Crippen LogP contribution is 2.35. The van der Waals surface area contributed by atoms with E-state index >= 15 is 0 Å². The zero-order chi connectivity index (χ0) is 14.7. The van der Waals surface area contributed by atoms with Crippen LogP contribution in [0.15, 0.2) is 41.3 Å². The first-order valence-electron chi connectivity index (χ1n) is 7.77. The molecule has 1 atom stereocenters. The molecule has 1 aliphatic rings. The van der Waals surface area contributed by atoms with Crippen molar-refractivity contribution in [2.45, 2.75) is 37.9 Å². The zero-order valence-corrected chi connectivity index (χ0v) is 13.6. The number of hydrogen-bond donors (Lipinski definition) is 0. The summed E-state index contributed by atoms with van der Waals surface area (Å²) in [6.45, 7) is 4.60. The molecule has 2 nitrogen and oxygen atoms in total. The predicted molar refractivity (Wildman–Crippen MR) is 90.3 cm³/mol. The highest BCUT2D eigenvalue weighted by atomic mass is 32.2. The van der Waals surface area contributed by atoms with Gasteiger partial charge in [-0.15, -0.1) is 0 Å². The van der Waals surface area contributed by atoms with Crippen molar-refractivity contribution in [2.75, 3.05) is 18.1 Å². The number of hydrogen-bond acceptors (Lipinski definition) is 2. The Morgan fingerprint density at radius 1 is 1.05 bits per heavy atom. The molecule has 2 aromatic rings. The van der Waals surface area contributed by atoms with Gasteiger partial charge in [-0.1, -0.05) is 18.2 Å². The van der Waals surface area contributed by atoms with Gasteiger partial charge in [-0.25, -0.2) is 0 Å². The van der Waals surface area contributed by atoms with Gasteiger partial charge < -0.3 is 9.47 Å². The van der Waals surface area contributed by atoms with E-state index in [9.17, 15) is 0 Å². The lowest BCUT2D eigenvalue weighted by molar-refractivity contribution is -0.0605. The van der Waals surface area contributed by atoms with Gasteiger partial charge in [-0.3, -0.25) is 0 Å². The van der Waals surface area contributed by atoms with Crippen LogP contribution in [0.3, 0.4) is 0 Å². The minimum atomic E-state index is -0.210. The van der Waals surface area contributed by atoms with Gasteiger partial charge in [0.15, 0.2) is 11.2 Å². The second-order valence-electron chi connectivity index (χ2n) is 5.36. The van der Waals surface area contributed by atoms with Crippen molar-refractivity contribution in [3.8, 4) is 5.75 Å². The van der Waals surface area contributed by atoms with Crippen LogP contribution in [-0.4, -0.2) is 24.4 Å². The Morgan fingerprint density at radius 3 is 2.48 bits per heavy atom. The van der Waals surface area contributed by atoms with Crippen LogP contribution in [0.2, 0.25) is 0 Å². The van der Waals surface area contributed by atoms with E-state index in [0.29, 0.717) is 17.5 Å². The average Bonchev–Trinajstić information content (AvgIpc) is 3.02. The van der Waals surface area contributed by atoms with Crippen LogP contribution >= 0.6 is 0 Å². The van der Waals surface area contributed by atoms with Crippen molar-refractivity contribution < 1.29 is 9.47 Å². The zero-order valence-electron chi connectivity index (χ0n) is 12.8. The van der Waals surface area contributed by atoms with Crippen molar-refractivity contribution in [1.82, 2.24) is 0 Å². The van der Waals surface area contributed by atoms with Gasteiger partial charge >= 0.3 is 0 Å². The maximum absolute atomic E-state index is 5.97. The summed E-state index contributed by atoms with van der Waals surface area (Å²) in [5.41, 5.74) is 0. The fraction of sp³-hybridized carbons (Fsp3) is 0.444. The minimum absolute atomic E-state index is 0.210. The fourth-order valence-electron chi connectivity index (χ4n) is 2.92. The van der Waals surface area contributed by atoms with Crippen molar-refractivity contribution in [3.05, 3.63) is 36.4 Å². The van der Waals surface area contributed by atoms with Crippen molar-refractivity contribution in [2.24, 2.45) is 0 Å². The van der Waals surface area contributed by atoms with E-state index in [1.54, 1.807) is 0 Å². The third-order valence-corrected chi connectivity index (χ3v) is 6.42. The SMILES string of the molecule is CCOC(C)Oc1ccc([S+]2CCCC2)c2ccccc12. The molecule has 1 aliphatic heterocycles. The van der Waals surface area contributed by atoms with Gasteiger partial charge in [-0.2, -0.15) is 0 Å². The lowest BCUT2D eigenvalue weighted by Gasteiger charge is -2.16. The van der Waals surface area contributed by atoms with E-state index in [0.717, 1.165) is 5.75 Å². The van der Waals surface area contributed by atoms with Crippen molar-refractivity contribution in [1.29, 1.82) is 0 Å². The van der Waals surface area contributed by atoms with Gasteiger partial charge in [0.25, 0.3) is 0 Å². The second kappa shape index (κ2) is 6.71. The van der Waals surface area contributed by atoms with Crippen molar-refractivity contribution >= 4 is 21.7 Å². The average molecular weight is 303 g/mol. The summed E-state index contributed by atoms with van der Waals surface area (Å²) in [5.74, 6) is 3.62. The summed E-state index contributed by atoms with van der Waals surface area (Å²) in [6.07, 6.45) is 2.53. The number of benzene rings is 2. The van der Waals surface area contributed by atoms with E-state index < -0.39 is 0 Å². The van der Waals surface area contributed by atoms with E-state index in [-0.39, 0.29) is 6.29 Å². The van der Waals surface area contributed by atoms with Crippen LogP contribution in [0.25, 0.3) is 10.8 Å². The molecular weight excluding hydrogens is 280 g/mol. The number of rotatable bonds is 5. The molecule has 0 N–H and O–H groups in total. The molecule has 0 radical (unpaired) electrons. The maximum Gasteiger partial charge on any atom is 0.196 e. The molecule has 0 saturated carbocycles. The van der Waals surface area contributed by atoms with E-state index in [2.05, 4.69) is 36.4 Å². The highest BCUT2D eigenvalue weighted by Gasteiger charge is 2.29. The Bertz CT molecular complexity index is 605. The topological polar surface area (TPSA) is 18.5 Å². The van der Waals surface area contributed by atoms with Crippen LogP contribution in [0, 0.1) is 0 Å². The summed E-state index contributed by atoms with van der Waals surface area (Å²) in [6, 6.07) is 13.0. The Labute approximate surface area is 129 Å². The largest absolute Gasteiger partial charge is 0.465 e. The van der Waals surface area contributed by atoms with Crippen LogP contribution in [-0.2, 0) is 15.6 Å². The Balaban J connectivity index is 1.98. The summed E-state index contributed by atoms with van der Waals surface area (Å²) in [4.78, 5) is 1.51. The highest BCUT2D eigenvalue weighted by molar-refractivity contribution is 7.97. The first-order valence-corrected chi connectivity index (χ1v) is 9.33. The van der Waals surface area contributed by atoms with Gasteiger partial charge in [-0.05, 0) is 44.9 Å². The van der Waals surface area contributed by atoms with Gasteiger partial charge in [0.1, 0.15) is 17.3 Å². The molecule has 0 bridgehead atoms. The Morgan fingerprint density at radius 2 is 1.76 bits per heavy atom. The summed E-state index contributed by atoms with van der Waals surface area (Å²) < 4.78 is 11.5. The third-order valence-electron chi connectivity index (χ3n) is 3.88. The predicted octanol–water partition coefficient (Wildman–Crippen LogP) is 4.37. The molecule has 1 unspecified atom stereocenters. The molecule has 3 heteroatoms. The molecule has 21 heavy (non-hydrogen) atoms. The van der Waals surface area contributed by atoms with E-state index in [4.69, 9.17) is 9.47 Å². The normalized spacial score (nSPS) is 17.2. The first kappa shape index (κ1) is 14.7. The molecule has 0 aromatic heterocycles. The third kappa shape index (κ3) is 3.19. The standard InChI is InChI=1S/C18H23O2S/c1-3-19-14(2)20-17-10-11-18(21-12-6-7-13-21)16-9-5-4-8-15(16)17/h4-5,8-11,14H,3,6-7,12-13H2,1-2H3/q+1. The molecule has 1 heterocycles. The summed E-state index contributed by atoms with van der Waals surface area (Å²) >= 11 is 0. The minimum Gasteiger partial charge on any atom is -0.465 e. The molecule has 2 aromatic carbocycles. The molecule has 1 fully saturated rings. The van der Waals surface area contributed by atoms with Crippen LogP contribution in [0.1, 0.15) is 26.7 Å². The smallest absolute Gasteiger partial charge is 0.196 e. The number of fused-ring (bicyclic) bond motifs is 1. The maximum atomic E-state index is 5.97. The fourth-order valence-corrected chi connectivity index (χ4v) is 5.42. The van der Waals surface area contributed by atoms with Crippen LogP contribution in [0.4, 0.5) is 0 Å². The quantitative estimate of drug-likeness (QED) is 0.603. The summed E-state index contributed by atoms with van der Waals surface area (Å²) in [5, 5.41) is 2.56. The van der Waals surface area contributed by atoms with Gasteiger partial charge in [0.2, 0.25) is 0 Å². The molecule has 3 rings (SSSR count). The van der Waals surface area contributed by atoms with Gasteiger partial charge in [0.05, 0.1) is 0 Å². The van der Waals surface area contributed by atoms with E-state index in [1.807, 2.05) is 13.8 Å². The van der Waals surface area contributed by atoms with Crippen LogP contribution in [0.5, 0.6) is 5.75 Å². The first-order chi connectivity index (χ1) is 10.3. The molecule has 0 spiro atoms. The summed E-state index contributed by atoms with van der Waals surface area (Å²) in [7, 11) is 0.424. The van der Waals surface area contributed by atoms with Crippen LogP contribution < -0.4 is 4.74 Å². The lowest BCUT2D eigenvalue weighted by atomic mass is 10.1.